The van der Waals surface area contributed by atoms with E-state index in [1.165, 1.54) is 6.07 Å². The summed E-state index contributed by atoms with van der Waals surface area (Å²) in [7, 11) is 0. The minimum absolute atomic E-state index is 0.238. The van der Waals surface area contributed by atoms with Crippen molar-refractivity contribution in [1.29, 1.82) is 0 Å². The molecule has 0 radical (unpaired) electrons. The summed E-state index contributed by atoms with van der Waals surface area (Å²) in [5.41, 5.74) is 7.98. The highest BCUT2D eigenvalue weighted by atomic mass is 79.9. The van der Waals surface area contributed by atoms with Gasteiger partial charge in [-0.05, 0) is 39.0 Å². The van der Waals surface area contributed by atoms with Crippen molar-refractivity contribution in [3.05, 3.63) is 70.3 Å². The molecule has 1 aromatic heterocycles. The number of rotatable bonds is 2. The molecule has 2 N–H and O–H groups in total. The van der Waals surface area contributed by atoms with Crippen molar-refractivity contribution in [3.8, 4) is 0 Å². The molecule has 3 aromatic rings. The molecule has 1 unspecified atom stereocenters. The number of hydrogen-bond acceptors (Lipinski definition) is 2. The van der Waals surface area contributed by atoms with Gasteiger partial charge in [0.05, 0.1) is 12.3 Å². The van der Waals surface area contributed by atoms with Crippen LogP contribution in [0, 0.1) is 5.82 Å². The van der Waals surface area contributed by atoms with E-state index in [-0.39, 0.29) is 11.9 Å². The Morgan fingerprint density at radius 3 is 2.42 bits per heavy atom. The Bertz CT molecular complexity index is 738. The highest BCUT2D eigenvalue weighted by Gasteiger charge is 2.17. The van der Waals surface area contributed by atoms with Crippen LogP contribution in [0.25, 0.3) is 10.8 Å². The van der Waals surface area contributed by atoms with Gasteiger partial charge in [0.25, 0.3) is 0 Å². The normalized spacial score (nSPS) is 12.8. The molecular weight excluding hydrogens is 309 g/mol. The van der Waals surface area contributed by atoms with Gasteiger partial charge in [0, 0.05) is 10.9 Å². The summed E-state index contributed by atoms with van der Waals surface area (Å²) >= 11 is 3.32. The lowest BCUT2D eigenvalue weighted by Gasteiger charge is -2.14. The molecule has 0 saturated heterocycles. The van der Waals surface area contributed by atoms with Crippen LogP contribution in [0.2, 0.25) is 0 Å². The number of halogens is 2. The van der Waals surface area contributed by atoms with E-state index in [1.54, 1.807) is 18.4 Å². The summed E-state index contributed by atoms with van der Waals surface area (Å²) in [6.45, 7) is 0. The molecule has 2 nitrogen and oxygen atoms in total. The third-order valence-electron chi connectivity index (χ3n) is 3.22. The summed E-state index contributed by atoms with van der Waals surface area (Å²) in [6, 6.07) is 11.9. The molecule has 0 spiro atoms. The molecular formula is C15H11BrFNO. The first-order valence-corrected chi connectivity index (χ1v) is 6.63. The third kappa shape index (κ3) is 2.07. The summed E-state index contributed by atoms with van der Waals surface area (Å²) < 4.78 is 19.6. The van der Waals surface area contributed by atoms with Gasteiger partial charge in [-0.2, -0.15) is 0 Å². The van der Waals surface area contributed by atoms with Gasteiger partial charge in [-0.3, -0.25) is 0 Å². The van der Waals surface area contributed by atoms with Crippen LogP contribution in [0.5, 0.6) is 0 Å². The minimum atomic E-state index is -0.362. The van der Waals surface area contributed by atoms with E-state index in [1.807, 2.05) is 24.3 Å². The Hall–Kier alpha value is -1.65. The average Bonchev–Trinajstić information content (AvgIpc) is 2.85. The Labute approximate surface area is 118 Å². The molecule has 0 aliphatic carbocycles. The molecule has 96 valence electrons. The third-order valence-corrected chi connectivity index (χ3v) is 3.87. The molecule has 0 saturated carbocycles. The van der Waals surface area contributed by atoms with E-state index in [0.717, 1.165) is 16.5 Å². The number of hydrogen-bond donors (Lipinski definition) is 1. The van der Waals surface area contributed by atoms with Gasteiger partial charge in [-0.25, -0.2) is 4.39 Å². The zero-order chi connectivity index (χ0) is 13.4. The van der Waals surface area contributed by atoms with Crippen LogP contribution >= 0.6 is 15.9 Å². The topological polar surface area (TPSA) is 39.2 Å². The Kier molecular flexibility index (Phi) is 3.12. The van der Waals surface area contributed by atoms with E-state index < -0.39 is 0 Å². The summed E-state index contributed by atoms with van der Waals surface area (Å²) in [5, 5.41) is 1.40. The fourth-order valence-electron chi connectivity index (χ4n) is 2.25. The molecule has 0 aliphatic heterocycles. The van der Waals surface area contributed by atoms with Crippen LogP contribution in [-0.2, 0) is 0 Å². The number of benzene rings is 2. The molecule has 0 amide bonds. The Balaban J connectivity index is 2.21. The fourth-order valence-corrected chi connectivity index (χ4v) is 2.74. The van der Waals surface area contributed by atoms with E-state index >= 15 is 0 Å². The molecule has 0 aliphatic rings. The maximum absolute atomic E-state index is 13.8. The average molecular weight is 320 g/mol. The number of furan rings is 1. The van der Waals surface area contributed by atoms with E-state index in [2.05, 4.69) is 15.9 Å². The zero-order valence-electron chi connectivity index (χ0n) is 9.94. The molecule has 19 heavy (non-hydrogen) atoms. The monoisotopic (exact) mass is 319 g/mol. The SMILES string of the molecule is NC(c1ccoc1Br)c1ccc(F)c2ccccc12. The lowest BCUT2D eigenvalue weighted by Crippen LogP contribution is -2.12. The van der Waals surface area contributed by atoms with Crippen molar-refractivity contribution in [2.24, 2.45) is 5.73 Å². The Morgan fingerprint density at radius 2 is 1.74 bits per heavy atom. The van der Waals surface area contributed by atoms with Gasteiger partial charge in [0.1, 0.15) is 5.82 Å². The first kappa shape index (κ1) is 12.4. The molecule has 2 aromatic carbocycles. The highest BCUT2D eigenvalue weighted by molar-refractivity contribution is 9.10. The van der Waals surface area contributed by atoms with Crippen LogP contribution in [0.3, 0.4) is 0 Å². The summed E-state index contributed by atoms with van der Waals surface area (Å²) in [5.74, 6) is -0.238. The highest BCUT2D eigenvalue weighted by Crippen LogP contribution is 2.32. The summed E-state index contributed by atoms with van der Waals surface area (Å²) in [6.07, 6.45) is 1.57. The second-order valence-corrected chi connectivity index (χ2v) is 5.03. The first-order valence-electron chi connectivity index (χ1n) is 5.84. The Morgan fingerprint density at radius 1 is 1.00 bits per heavy atom. The van der Waals surface area contributed by atoms with Gasteiger partial charge in [0.15, 0.2) is 4.67 Å². The van der Waals surface area contributed by atoms with Gasteiger partial charge >= 0.3 is 0 Å². The second kappa shape index (κ2) is 4.79. The van der Waals surface area contributed by atoms with Crippen molar-refractivity contribution in [1.82, 2.24) is 0 Å². The van der Waals surface area contributed by atoms with Gasteiger partial charge in [-0.15, -0.1) is 0 Å². The maximum Gasteiger partial charge on any atom is 0.174 e. The van der Waals surface area contributed by atoms with Crippen molar-refractivity contribution in [2.45, 2.75) is 6.04 Å². The van der Waals surface area contributed by atoms with E-state index in [4.69, 9.17) is 10.2 Å². The maximum atomic E-state index is 13.8. The smallest absolute Gasteiger partial charge is 0.174 e. The fraction of sp³-hybridized carbons (Fsp3) is 0.0667. The molecule has 3 rings (SSSR count). The summed E-state index contributed by atoms with van der Waals surface area (Å²) in [4.78, 5) is 0. The van der Waals surface area contributed by atoms with Crippen LogP contribution in [0.1, 0.15) is 17.2 Å². The first-order chi connectivity index (χ1) is 9.18. The number of nitrogens with two attached hydrogens (primary N) is 1. The quantitative estimate of drug-likeness (QED) is 0.761. The van der Waals surface area contributed by atoms with E-state index in [9.17, 15) is 4.39 Å². The molecule has 1 atom stereocenters. The largest absolute Gasteiger partial charge is 0.457 e. The standard InChI is InChI=1S/C15H11BrFNO/c16-15-12(7-8-19-15)14(18)11-5-6-13(17)10-4-2-1-3-9(10)11/h1-8,14H,18H2. The molecule has 1 heterocycles. The van der Waals surface area contributed by atoms with Crippen molar-refractivity contribution in [3.63, 3.8) is 0 Å². The molecule has 0 bridgehead atoms. The minimum Gasteiger partial charge on any atom is -0.457 e. The van der Waals surface area contributed by atoms with Gasteiger partial charge in [-0.1, -0.05) is 30.3 Å². The predicted octanol–water partition coefficient (Wildman–Crippen LogP) is 4.38. The van der Waals surface area contributed by atoms with E-state index in [0.29, 0.717) is 10.1 Å². The molecule has 4 heteroatoms. The molecule has 0 fully saturated rings. The zero-order valence-corrected chi connectivity index (χ0v) is 11.5. The van der Waals surface area contributed by atoms with Gasteiger partial charge < -0.3 is 10.2 Å². The lowest BCUT2D eigenvalue weighted by atomic mass is 9.95. The predicted molar refractivity (Wildman–Crippen MR) is 76.3 cm³/mol. The van der Waals surface area contributed by atoms with Crippen LogP contribution in [0.15, 0.2) is 57.8 Å². The van der Waals surface area contributed by atoms with Crippen LogP contribution in [-0.4, -0.2) is 0 Å². The van der Waals surface area contributed by atoms with Crippen LogP contribution in [0.4, 0.5) is 4.39 Å². The van der Waals surface area contributed by atoms with Gasteiger partial charge in [0.2, 0.25) is 0 Å². The van der Waals surface area contributed by atoms with Crippen molar-refractivity contribution >= 4 is 26.7 Å². The van der Waals surface area contributed by atoms with Crippen molar-refractivity contribution < 1.29 is 8.81 Å². The van der Waals surface area contributed by atoms with Crippen molar-refractivity contribution in [2.75, 3.05) is 0 Å². The second-order valence-electron chi connectivity index (χ2n) is 4.31. The van der Waals surface area contributed by atoms with Crippen LogP contribution < -0.4 is 5.73 Å². The lowest BCUT2D eigenvalue weighted by molar-refractivity contribution is 0.535. The number of fused-ring (bicyclic) bond motifs is 1.